The van der Waals surface area contributed by atoms with E-state index in [9.17, 15) is 22.4 Å². The van der Waals surface area contributed by atoms with E-state index >= 15 is 0 Å². The fourth-order valence-corrected chi connectivity index (χ4v) is 3.74. The quantitative estimate of drug-likeness (QED) is 0.599. The number of carbonyl (C=O) groups is 1. The fraction of sp³-hybridized carbons (Fsp3) is 0.150. The van der Waals surface area contributed by atoms with Crippen LogP contribution in [-0.4, -0.2) is 24.1 Å². The molecule has 0 unspecified atom stereocenters. The van der Waals surface area contributed by atoms with Crippen LogP contribution in [0.15, 0.2) is 70.4 Å². The van der Waals surface area contributed by atoms with E-state index in [1.54, 1.807) is 0 Å². The summed E-state index contributed by atoms with van der Waals surface area (Å²) in [4.78, 5) is 24.1. The molecule has 2 N–H and O–H groups in total. The Bertz CT molecular complexity index is 1240. The lowest BCUT2D eigenvalue weighted by Gasteiger charge is -2.11. The van der Waals surface area contributed by atoms with Crippen molar-refractivity contribution < 1.29 is 17.6 Å². The summed E-state index contributed by atoms with van der Waals surface area (Å²) in [6.45, 7) is 2.25. The maximum absolute atomic E-state index is 13.8. The van der Waals surface area contributed by atoms with Crippen molar-refractivity contribution in [3.8, 4) is 0 Å². The van der Waals surface area contributed by atoms with Crippen molar-refractivity contribution in [2.75, 3.05) is 10.0 Å². The second-order valence-corrected chi connectivity index (χ2v) is 8.03. The highest BCUT2D eigenvalue weighted by molar-refractivity contribution is 7.92. The summed E-state index contributed by atoms with van der Waals surface area (Å²) in [6.07, 6.45) is 0.674. The first-order chi connectivity index (χ1) is 14.3. The second kappa shape index (κ2) is 8.87. The molecule has 0 radical (unpaired) electrons. The van der Waals surface area contributed by atoms with Crippen molar-refractivity contribution in [1.29, 1.82) is 0 Å². The number of halogens is 1. The zero-order valence-electron chi connectivity index (χ0n) is 16.0. The van der Waals surface area contributed by atoms with Crippen LogP contribution in [0.1, 0.15) is 23.8 Å². The number of sulfonamides is 1. The molecule has 3 aromatic rings. The number of nitrogens with zero attached hydrogens (tertiary/aromatic N) is 2. The van der Waals surface area contributed by atoms with Gasteiger partial charge in [-0.1, -0.05) is 25.1 Å². The van der Waals surface area contributed by atoms with Crippen LogP contribution >= 0.6 is 0 Å². The number of aromatic nitrogens is 2. The first kappa shape index (κ1) is 21.2. The first-order valence-electron chi connectivity index (χ1n) is 9.07. The molecule has 0 aliphatic carbocycles. The third kappa shape index (κ3) is 4.90. The van der Waals surface area contributed by atoms with E-state index in [1.807, 2.05) is 6.92 Å². The minimum absolute atomic E-state index is 0.0146. The van der Waals surface area contributed by atoms with Crippen LogP contribution in [-0.2, 0) is 16.6 Å². The number of carbonyl (C=O) groups excluding carboxylic acids is 1. The standard InChI is InChI=1S/C20H19FN4O4S/c1-2-12-25-19(26)11-10-18(23-25)20(27)22-14-6-5-7-15(13-14)30(28,29)24-17-9-4-3-8-16(17)21/h3-11,13,24H,2,12H2,1H3,(H,22,27). The molecule has 0 aliphatic rings. The molecule has 1 heterocycles. The Labute approximate surface area is 172 Å². The maximum Gasteiger partial charge on any atom is 0.276 e. The van der Waals surface area contributed by atoms with Crippen molar-refractivity contribution in [3.05, 3.63) is 82.5 Å². The Morgan fingerprint density at radius 2 is 1.87 bits per heavy atom. The minimum Gasteiger partial charge on any atom is -0.321 e. The van der Waals surface area contributed by atoms with Crippen LogP contribution in [0.2, 0.25) is 0 Å². The molecule has 0 atom stereocenters. The molecular weight excluding hydrogens is 411 g/mol. The van der Waals surface area contributed by atoms with Gasteiger partial charge >= 0.3 is 0 Å². The summed E-state index contributed by atoms with van der Waals surface area (Å²) < 4.78 is 42.3. The molecule has 156 valence electrons. The van der Waals surface area contributed by atoms with Gasteiger partial charge in [-0.3, -0.25) is 14.3 Å². The minimum atomic E-state index is -4.08. The smallest absolute Gasteiger partial charge is 0.276 e. The van der Waals surface area contributed by atoms with E-state index in [0.29, 0.717) is 13.0 Å². The Morgan fingerprint density at radius 3 is 2.60 bits per heavy atom. The normalized spacial score (nSPS) is 11.1. The van der Waals surface area contributed by atoms with Gasteiger partial charge in [0.2, 0.25) is 0 Å². The molecule has 0 spiro atoms. The number of hydrogen-bond donors (Lipinski definition) is 2. The van der Waals surface area contributed by atoms with Crippen LogP contribution in [0.4, 0.5) is 15.8 Å². The van der Waals surface area contributed by atoms with Gasteiger partial charge in [0.1, 0.15) is 11.5 Å². The average molecular weight is 430 g/mol. The molecule has 2 aromatic carbocycles. The van der Waals surface area contributed by atoms with E-state index in [4.69, 9.17) is 0 Å². The molecule has 1 amide bonds. The van der Waals surface area contributed by atoms with Gasteiger partial charge in [0.15, 0.2) is 0 Å². The molecule has 8 nitrogen and oxygen atoms in total. The lowest BCUT2D eigenvalue weighted by Crippen LogP contribution is -2.26. The largest absolute Gasteiger partial charge is 0.321 e. The van der Waals surface area contributed by atoms with Gasteiger partial charge < -0.3 is 5.32 Å². The first-order valence-corrected chi connectivity index (χ1v) is 10.6. The number of para-hydroxylation sites is 1. The van der Waals surface area contributed by atoms with Gasteiger partial charge in [0, 0.05) is 18.3 Å². The molecule has 0 saturated heterocycles. The third-order valence-electron chi connectivity index (χ3n) is 4.06. The molecule has 30 heavy (non-hydrogen) atoms. The van der Waals surface area contributed by atoms with E-state index in [1.165, 1.54) is 59.3 Å². The van der Waals surface area contributed by atoms with E-state index < -0.39 is 21.7 Å². The summed E-state index contributed by atoms with van der Waals surface area (Å²) >= 11 is 0. The summed E-state index contributed by atoms with van der Waals surface area (Å²) in [7, 11) is -4.08. The Morgan fingerprint density at radius 1 is 1.10 bits per heavy atom. The highest BCUT2D eigenvalue weighted by Gasteiger charge is 2.17. The number of hydrogen-bond acceptors (Lipinski definition) is 5. The second-order valence-electron chi connectivity index (χ2n) is 6.35. The van der Waals surface area contributed by atoms with Crippen molar-refractivity contribution in [3.63, 3.8) is 0 Å². The topological polar surface area (TPSA) is 110 Å². The molecular formula is C20H19FN4O4S. The van der Waals surface area contributed by atoms with Gasteiger partial charge in [-0.05, 0) is 42.8 Å². The van der Waals surface area contributed by atoms with Gasteiger partial charge in [0.25, 0.3) is 21.5 Å². The van der Waals surface area contributed by atoms with Crippen LogP contribution in [0.25, 0.3) is 0 Å². The van der Waals surface area contributed by atoms with Crippen LogP contribution in [0.5, 0.6) is 0 Å². The summed E-state index contributed by atoms with van der Waals surface area (Å²) in [5.41, 5.74) is -0.290. The average Bonchev–Trinajstić information content (AvgIpc) is 2.71. The predicted molar refractivity (Wildman–Crippen MR) is 110 cm³/mol. The molecule has 0 fully saturated rings. The molecule has 0 saturated carbocycles. The highest BCUT2D eigenvalue weighted by Crippen LogP contribution is 2.21. The van der Waals surface area contributed by atoms with Gasteiger partial charge in [-0.2, -0.15) is 5.10 Å². The number of nitrogens with one attached hydrogen (secondary N) is 2. The fourth-order valence-electron chi connectivity index (χ4n) is 2.63. The summed E-state index contributed by atoms with van der Waals surface area (Å²) in [5, 5.41) is 6.57. The van der Waals surface area contributed by atoms with Gasteiger partial charge in [-0.15, -0.1) is 0 Å². The molecule has 10 heteroatoms. The number of benzene rings is 2. The molecule has 0 bridgehead atoms. The van der Waals surface area contributed by atoms with Gasteiger partial charge in [0.05, 0.1) is 10.6 Å². The lowest BCUT2D eigenvalue weighted by atomic mass is 10.3. The van der Waals surface area contributed by atoms with Crippen LogP contribution in [0.3, 0.4) is 0 Å². The molecule has 1 aromatic heterocycles. The Kier molecular flexibility index (Phi) is 6.26. The number of anilines is 2. The van der Waals surface area contributed by atoms with Crippen molar-refractivity contribution in [2.24, 2.45) is 0 Å². The summed E-state index contributed by atoms with van der Waals surface area (Å²) in [5.74, 6) is -1.31. The molecule has 0 aliphatic heterocycles. The highest BCUT2D eigenvalue weighted by atomic mass is 32.2. The maximum atomic E-state index is 13.8. The third-order valence-corrected chi connectivity index (χ3v) is 5.42. The van der Waals surface area contributed by atoms with Crippen molar-refractivity contribution in [2.45, 2.75) is 24.8 Å². The summed E-state index contributed by atoms with van der Waals surface area (Å²) in [6, 6.07) is 13.4. The monoisotopic (exact) mass is 430 g/mol. The zero-order valence-corrected chi connectivity index (χ0v) is 16.8. The van der Waals surface area contributed by atoms with Gasteiger partial charge in [-0.25, -0.2) is 17.5 Å². The van der Waals surface area contributed by atoms with Crippen LogP contribution in [0, 0.1) is 5.82 Å². The van der Waals surface area contributed by atoms with E-state index in [0.717, 1.165) is 6.07 Å². The number of amides is 1. The van der Waals surface area contributed by atoms with Crippen molar-refractivity contribution in [1.82, 2.24) is 9.78 Å². The Hall–Kier alpha value is -3.53. The number of rotatable bonds is 7. The van der Waals surface area contributed by atoms with Crippen LogP contribution < -0.4 is 15.6 Å². The van der Waals surface area contributed by atoms with E-state index in [2.05, 4.69) is 15.1 Å². The lowest BCUT2D eigenvalue weighted by molar-refractivity contribution is 0.101. The van der Waals surface area contributed by atoms with E-state index in [-0.39, 0.29) is 27.5 Å². The molecule has 3 rings (SSSR count). The SMILES string of the molecule is CCCn1nc(C(=O)Nc2cccc(S(=O)(=O)Nc3ccccc3F)c2)ccc1=O. The zero-order chi connectivity index (χ0) is 21.7. The number of aryl methyl sites for hydroxylation is 1. The Balaban J connectivity index is 1.82. The predicted octanol–water partition coefficient (Wildman–Crippen LogP) is 2.85. The van der Waals surface area contributed by atoms with Crippen molar-refractivity contribution >= 4 is 27.3 Å².